The molecule has 2 heterocycles. The van der Waals surface area contributed by atoms with Crippen LogP contribution in [0.5, 0.6) is 0 Å². The predicted molar refractivity (Wildman–Crippen MR) is 109 cm³/mol. The number of hydrogen-bond acceptors (Lipinski definition) is 4. The van der Waals surface area contributed by atoms with E-state index in [1.54, 1.807) is 18.1 Å². The van der Waals surface area contributed by atoms with Gasteiger partial charge in [0.15, 0.2) is 0 Å². The van der Waals surface area contributed by atoms with E-state index in [0.29, 0.717) is 18.8 Å². The Hall–Kier alpha value is -2.08. The fourth-order valence-electron chi connectivity index (χ4n) is 3.13. The molecule has 153 valence electrons. The van der Waals surface area contributed by atoms with Crippen LogP contribution < -0.4 is 20.9 Å². The van der Waals surface area contributed by atoms with Gasteiger partial charge in [0, 0.05) is 0 Å². The molecule has 3 unspecified atom stereocenters. The number of nitrogens with one attached hydrogen (secondary N) is 3. The third kappa shape index (κ3) is 5.04. The molecule has 0 saturated carbocycles. The number of anilines is 1. The number of hydrogen-bond donors (Lipinski definition) is 3. The van der Waals surface area contributed by atoms with Crippen LogP contribution in [0.15, 0.2) is 18.3 Å². The number of urea groups is 1. The van der Waals surface area contributed by atoms with E-state index in [4.69, 9.17) is 0 Å². The van der Waals surface area contributed by atoms with Crippen LogP contribution in [-0.2, 0) is 16.0 Å². The van der Waals surface area contributed by atoms with E-state index < -0.39 is 6.04 Å². The third-order valence-corrected chi connectivity index (χ3v) is 6.99. The van der Waals surface area contributed by atoms with Crippen molar-refractivity contribution < 1.29 is 14.4 Å². The van der Waals surface area contributed by atoms with Gasteiger partial charge in [-0.1, -0.05) is 0 Å². The summed E-state index contributed by atoms with van der Waals surface area (Å²) in [6.07, 6.45) is 2.26. The molecule has 2 rings (SSSR count). The van der Waals surface area contributed by atoms with Crippen LogP contribution in [0, 0.1) is 5.92 Å². The SMILES string of the molecule is CNC(=O)NCC1Cc2cccnc2N1C(=O)C(NC(=O)C(C)[As]C)C(C)C. The van der Waals surface area contributed by atoms with Gasteiger partial charge < -0.3 is 0 Å². The summed E-state index contributed by atoms with van der Waals surface area (Å²) in [5.41, 5.74) is 2.99. The summed E-state index contributed by atoms with van der Waals surface area (Å²) in [6.45, 7) is 6.03. The van der Waals surface area contributed by atoms with Crippen LogP contribution in [0.1, 0.15) is 26.3 Å². The molecule has 1 radical (unpaired) electrons. The molecule has 9 heteroatoms. The van der Waals surface area contributed by atoms with Crippen molar-refractivity contribution in [2.24, 2.45) is 5.92 Å². The topological polar surface area (TPSA) is 103 Å². The van der Waals surface area contributed by atoms with Gasteiger partial charge in [0.25, 0.3) is 0 Å². The van der Waals surface area contributed by atoms with Crippen molar-refractivity contribution in [1.82, 2.24) is 20.9 Å². The average Bonchev–Trinajstić information content (AvgIpc) is 3.06. The van der Waals surface area contributed by atoms with Gasteiger partial charge in [-0.3, -0.25) is 0 Å². The summed E-state index contributed by atoms with van der Waals surface area (Å²) in [5, 5.41) is 8.23. The quantitative estimate of drug-likeness (QED) is 0.539. The first kappa shape index (κ1) is 22.2. The molecule has 3 N–H and O–H groups in total. The first-order valence-electron chi connectivity index (χ1n) is 9.42. The van der Waals surface area contributed by atoms with Crippen molar-refractivity contribution in [1.29, 1.82) is 0 Å². The first-order valence-corrected chi connectivity index (χ1v) is 12.4. The Balaban J connectivity index is 2.27. The monoisotopic (exact) mass is 450 g/mol. The molecule has 8 nitrogen and oxygen atoms in total. The van der Waals surface area contributed by atoms with Gasteiger partial charge in [0.1, 0.15) is 0 Å². The van der Waals surface area contributed by atoms with Gasteiger partial charge in [0.2, 0.25) is 0 Å². The molecule has 0 bridgehead atoms. The Kier molecular flexibility index (Phi) is 7.86. The summed E-state index contributed by atoms with van der Waals surface area (Å²) < 4.78 is -0.0694. The molecule has 0 aromatic carbocycles. The summed E-state index contributed by atoms with van der Waals surface area (Å²) in [6, 6.07) is 2.59. The Morgan fingerprint density at radius 2 is 2.04 bits per heavy atom. The van der Waals surface area contributed by atoms with E-state index >= 15 is 0 Å². The molecule has 1 aromatic heterocycles. The summed E-state index contributed by atoms with van der Waals surface area (Å²) in [5.74, 6) is 0.252. The average molecular weight is 450 g/mol. The Morgan fingerprint density at radius 1 is 1.32 bits per heavy atom. The maximum atomic E-state index is 13.5. The van der Waals surface area contributed by atoms with Crippen molar-refractivity contribution in [3.8, 4) is 0 Å². The van der Waals surface area contributed by atoms with Crippen LogP contribution in [0.4, 0.5) is 10.6 Å². The molecule has 1 aromatic rings. The molecular weight excluding hydrogens is 421 g/mol. The van der Waals surface area contributed by atoms with Crippen molar-refractivity contribution in [2.75, 3.05) is 18.5 Å². The van der Waals surface area contributed by atoms with Crippen LogP contribution in [0.25, 0.3) is 0 Å². The molecule has 1 aliphatic rings. The van der Waals surface area contributed by atoms with Gasteiger partial charge in [-0.2, -0.15) is 0 Å². The number of carbonyl (C=O) groups is 3. The number of rotatable bonds is 7. The van der Waals surface area contributed by atoms with Crippen LogP contribution in [0.2, 0.25) is 10.4 Å². The molecule has 0 aliphatic carbocycles. The van der Waals surface area contributed by atoms with Crippen LogP contribution in [-0.4, -0.2) is 64.3 Å². The molecular formula is C19H29AsN5O3. The van der Waals surface area contributed by atoms with Crippen molar-refractivity contribution in [3.05, 3.63) is 23.9 Å². The third-order valence-electron chi connectivity index (χ3n) is 4.88. The summed E-state index contributed by atoms with van der Waals surface area (Å²) >= 11 is -0.108. The Morgan fingerprint density at radius 3 is 2.64 bits per heavy atom. The minimum absolute atomic E-state index is 0.0694. The maximum absolute atomic E-state index is 13.5. The van der Waals surface area contributed by atoms with Gasteiger partial charge in [-0.15, -0.1) is 0 Å². The van der Waals surface area contributed by atoms with E-state index in [1.807, 2.05) is 38.6 Å². The zero-order valence-electron chi connectivity index (χ0n) is 17.0. The predicted octanol–water partition coefficient (Wildman–Crippen LogP) is 0.970. The van der Waals surface area contributed by atoms with Gasteiger partial charge >= 0.3 is 173 Å². The zero-order chi connectivity index (χ0) is 20.8. The first-order chi connectivity index (χ1) is 13.3. The van der Waals surface area contributed by atoms with Crippen molar-refractivity contribution >= 4 is 39.4 Å². The molecule has 0 spiro atoms. The van der Waals surface area contributed by atoms with Crippen molar-refractivity contribution in [2.45, 2.75) is 49.7 Å². The number of pyridine rings is 1. The van der Waals surface area contributed by atoms with E-state index in [2.05, 4.69) is 20.9 Å². The number of carbonyl (C=O) groups excluding carboxylic acids is 3. The standard InChI is InChI=1S/C19H29AsN5O3/c1-11(2)15(24-17(26)12(3)20-4)18(27)25-14(10-23-19(28)21-5)9-13-7-6-8-22-16(13)25/h6-8,11-12,14-15H,9-10H2,1-5H3,(H,24,26)(H2,21,23,28). The van der Waals surface area contributed by atoms with Gasteiger partial charge in [0.05, 0.1) is 0 Å². The zero-order valence-corrected chi connectivity index (χ0v) is 18.9. The normalized spacial score (nSPS) is 18.1. The molecule has 0 fully saturated rings. The van der Waals surface area contributed by atoms with Crippen molar-refractivity contribution in [3.63, 3.8) is 0 Å². The second-order valence-electron chi connectivity index (χ2n) is 7.18. The molecule has 4 amide bonds. The number of aromatic nitrogens is 1. The van der Waals surface area contributed by atoms with Gasteiger partial charge in [-0.25, -0.2) is 0 Å². The summed E-state index contributed by atoms with van der Waals surface area (Å²) in [7, 11) is 1.55. The van der Waals surface area contributed by atoms with Gasteiger partial charge in [-0.05, 0) is 0 Å². The van der Waals surface area contributed by atoms with E-state index in [1.165, 1.54) is 0 Å². The minimum atomic E-state index is -0.641. The fraction of sp³-hybridized carbons (Fsp3) is 0.579. The van der Waals surface area contributed by atoms with Crippen LogP contribution in [0.3, 0.4) is 0 Å². The van der Waals surface area contributed by atoms with E-state index in [-0.39, 0.29) is 50.3 Å². The molecule has 0 saturated heterocycles. The fourth-order valence-corrected chi connectivity index (χ4v) is 3.77. The second kappa shape index (κ2) is 9.91. The second-order valence-corrected chi connectivity index (χ2v) is 9.89. The Bertz CT molecular complexity index is 727. The van der Waals surface area contributed by atoms with E-state index in [9.17, 15) is 14.4 Å². The summed E-state index contributed by atoms with van der Waals surface area (Å²) in [4.78, 5) is 43.6. The molecule has 3 atom stereocenters. The molecule has 28 heavy (non-hydrogen) atoms. The molecule has 1 aliphatic heterocycles. The number of nitrogens with zero attached hydrogens (tertiary/aromatic N) is 2. The van der Waals surface area contributed by atoms with Crippen LogP contribution >= 0.6 is 0 Å². The Labute approximate surface area is 172 Å². The number of amides is 4. The number of fused-ring (bicyclic) bond motifs is 1. The van der Waals surface area contributed by atoms with E-state index in [0.717, 1.165) is 5.56 Å².